The summed E-state index contributed by atoms with van der Waals surface area (Å²) in [7, 11) is 0. The molecule has 22 heavy (non-hydrogen) atoms. The van der Waals surface area contributed by atoms with Crippen molar-refractivity contribution in [3.05, 3.63) is 42.2 Å². The number of amides is 1. The molecular formula is C15H16FN3O3. The van der Waals surface area contributed by atoms with Crippen LogP contribution in [0.3, 0.4) is 0 Å². The zero-order valence-corrected chi connectivity index (χ0v) is 12.1. The lowest BCUT2D eigenvalue weighted by Gasteiger charge is -2.15. The Morgan fingerprint density at radius 1 is 1.50 bits per heavy atom. The predicted molar refractivity (Wildman–Crippen MR) is 77.6 cm³/mol. The Morgan fingerprint density at radius 2 is 2.32 bits per heavy atom. The van der Waals surface area contributed by atoms with Crippen molar-refractivity contribution in [2.24, 2.45) is 0 Å². The van der Waals surface area contributed by atoms with Gasteiger partial charge in [0.1, 0.15) is 17.7 Å². The second-order valence-corrected chi connectivity index (χ2v) is 5.11. The number of hydrogen-bond donors (Lipinski definition) is 1. The summed E-state index contributed by atoms with van der Waals surface area (Å²) in [4.78, 5) is 17.3. The standard InChI is InChI=1S/C15H16FN3O3/c1-10-17-5-6-18(10)14-3-2-11(8-13(14)16)19-9-12(4-7-20)22-15(19)21/h2-3,5-6,8,12,20H,4,7,9H2,1H3/t12-/m1/s1. The van der Waals surface area contributed by atoms with Crippen molar-refractivity contribution in [2.45, 2.75) is 19.4 Å². The van der Waals surface area contributed by atoms with Gasteiger partial charge in [0.15, 0.2) is 0 Å². The molecule has 116 valence electrons. The second-order valence-electron chi connectivity index (χ2n) is 5.11. The highest BCUT2D eigenvalue weighted by molar-refractivity contribution is 5.89. The van der Waals surface area contributed by atoms with Crippen molar-refractivity contribution in [2.75, 3.05) is 18.1 Å². The number of imidazole rings is 1. The average Bonchev–Trinajstić information content (AvgIpc) is 3.05. The van der Waals surface area contributed by atoms with E-state index in [0.29, 0.717) is 30.2 Å². The molecule has 1 fully saturated rings. The first kappa shape index (κ1) is 14.5. The molecule has 3 rings (SSSR count). The number of aryl methyl sites for hydroxylation is 1. The zero-order chi connectivity index (χ0) is 15.7. The summed E-state index contributed by atoms with van der Waals surface area (Å²) < 4.78 is 21.1. The summed E-state index contributed by atoms with van der Waals surface area (Å²) in [5.74, 6) is 0.229. The molecule has 0 unspecified atom stereocenters. The fraction of sp³-hybridized carbons (Fsp3) is 0.333. The molecule has 1 aliphatic heterocycles. The highest BCUT2D eigenvalue weighted by atomic mass is 19.1. The summed E-state index contributed by atoms with van der Waals surface area (Å²) in [6, 6.07) is 4.57. The molecule has 1 aromatic carbocycles. The Kier molecular flexibility index (Phi) is 3.81. The van der Waals surface area contributed by atoms with Crippen molar-refractivity contribution < 1.29 is 19.0 Å². The number of halogens is 1. The van der Waals surface area contributed by atoms with Crippen LogP contribution in [0.2, 0.25) is 0 Å². The number of anilines is 1. The molecule has 1 amide bonds. The molecule has 6 nitrogen and oxygen atoms in total. The number of cyclic esters (lactones) is 1. The zero-order valence-electron chi connectivity index (χ0n) is 12.1. The molecule has 2 heterocycles. The maximum Gasteiger partial charge on any atom is 0.414 e. The van der Waals surface area contributed by atoms with Crippen LogP contribution in [0.15, 0.2) is 30.6 Å². The molecule has 0 aliphatic carbocycles. The Bertz CT molecular complexity index is 701. The third-order valence-electron chi connectivity index (χ3n) is 3.65. The van der Waals surface area contributed by atoms with Crippen molar-refractivity contribution in [3.63, 3.8) is 0 Å². The van der Waals surface area contributed by atoms with E-state index >= 15 is 0 Å². The van der Waals surface area contributed by atoms with Gasteiger partial charge in [0.25, 0.3) is 0 Å². The number of benzene rings is 1. The maximum atomic E-state index is 14.4. The molecule has 1 aromatic heterocycles. The molecule has 0 spiro atoms. The number of nitrogens with zero attached hydrogens (tertiary/aromatic N) is 3. The minimum Gasteiger partial charge on any atom is -0.444 e. The normalized spacial score (nSPS) is 17.9. The summed E-state index contributed by atoms with van der Waals surface area (Å²) in [5, 5.41) is 8.90. The van der Waals surface area contributed by atoms with E-state index in [1.807, 2.05) is 0 Å². The molecule has 0 saturated carbocycles. The number of aromatic nitrogens is 2. The van der Waals surface area contributed by atoms with Gasteiger partial charge in [-0.2, -0.15) is 0 Å². The van der Waals surface area contributed by atoms with Gasteiger partial charge < -0.3 is 14.4 Å². The van der Waals surface area contributed by atoms with Crippen LogP contribution in [0, 0.1) is 12.7 Å². The van der Waals surface area contributed by atoms with Crippen LogP contribution in [0.25, 0.3) is 5.69 Å². The highest BCUT2D eigenvalue weighted by Crippen LogP contribution is 2.26. The van der Waals surface area contributed by atoms with Crippen LogP contribution >= 0.6 is 0 Å². The molecule has 1 saturated heterocycles. The smallest absolute Gasteiger partial charge is 0.414 e. The molecule has 7 heteroatoms. The van der Waals surface area contributed by atoms with Gasteiger partial charge >= 0.3 is 6.09 Å². The predicted octanol–water partition coefficient (Wildman–Crippen LogP) is 2.03. The number of aliphatic hydroxyl groups is 1. The van der Waals surface area contributed by atoms with E-state index in [1.54, 1.807) is 36.0 Å². The molecule has 1 aliphatic rings. The molecule has 0 bridgehead atoms. The number of hydrogen-bond acceptors (Lipinski definition) is 4. The van der Waals surface area contributed by atoms with Gasteiger partial charge in [-0.3, -0.25) is 4.90 Å². The second kappa shape index (κ2) is 5.76. The fourth-order valence-electron chi connectivity index (χ4n) is 2.52. The lowest BCUT2D eigenvalue weighted by Crippen LogP contribution is -2.24. The Balaban J connectivity index is 1.87. The van der Waals surface area contributed by atoms with Crippen LogP contribution in [-0.4, -0.2) is 40.0 Å². The minimum absolute atomic E-state index is 0.0566. The van der Waals surface area contributed by atoms with Gasteiger partial charge in [-0.25, -0.2) is 14.2 Å². The quantitative estimate of drug-likeness (QED) is 0.938. The number of rotatable bonds is 4. The van der Waals surface area contributed by atoms with E-state index in [2.05, 4.69) is 4.98 Å². The van der Waals surface area contributed by atoms with Crippen LogP contribution in [0.5, 0.6) is 0 Å². The Labute approximate surface area is 126 Å². The van der Waals surface area contributed by atoms with Gasteiger partial charge in [0.2, 0.25) is 0 Å². The molecule has 1 N–H and O–H groups in total. The van der Waals surface area contributed by atoms with Crippen molar-refractivity contribution in [1.29, 1.82) is 0 Å². The van der Waals surface area contributed by atoms with Gasteiger partial charge in [0.05, 0.1) is 17.9 Å². The van der Waals surface area contributed by atoms with Crippen molar-refractivity contribution in [3.8, 4) is 5.69 Å². The van der Waals surface area contributed by atoms with E-state index in [9.17, 15) is 9.18 Å². The largest absolute Gasteiger partial charge is 0.444 e. The first-order valence-electron chi connectivity index (χ1n) is 6.99. The van der Waals surface area contributed by atoms with Crippen LogP contribution in [-0.2, 0) is 4.74 Å². The monoisotopic (exact) mass is 305 g/mol. The minimum atomic E-state index is -0.524. The number of aliphatic hydroxyl groups excluding tert-OH is 1. The SMILES string of the molecule is Cc1nccn1-c1ccc(N2C[C@@H](CCO)OC2=O)cc1F. The highest BCUT2D eigenvalue weighted by Gasteiger charge is 2.32. The van der Waals surface area contributed by atoms with E-state index in [4.69, 9.17) is 9.84 Å². The van der Waals surface area contributed by atoms with Crippen molar-refractivity contribution in [1.82, 2.24) is 9.55 Å². The third kappa shape index (κ3) is 2.55. The molecule has 0 radical (unpaired) electrons. The van der Waals surface area contributed by atoms with E-state index in [0.717, 1.165) is 0 Å². The van der Waals surface area contributed by atoms with Crippen LogP contribution in [0.4, 0.5) is 14.9 Å². The number of ether oxygens (including phenoxy) is 1. The summed E-state index contributed by atoms with van der Waals surface area (Å²) in [5.41, 5.74) is 0.808. The average molecular weight is 305 g/mol. The number of carbonyl (C=O) groups is 1. The molecule has 1 atom stereocenters. The molecular weight excluding hydrogens is 289 g/mol. The number of carbonyl (C=O) groups excluding carboxylic acids is 1. The lowest BCUT2D eigenvalue weighted by atomic mass is 10.2. The summed E-state index contributed by atoms with van der Waals surface area (Å²) >= 11 is 0. The summed E-state index contributed by atoms with van der Waals surface area (Å²) in [6.45, 7) is 2.03. The Hall–Kier alpha value is -2.41. The first-order chi connectivity index (χ1) is 10.6. The Morgan fingerprint density at radius 3 is 2.95 bits per heavy atom. The van der Waals surface area contributed by atoms with Crippen LogP contribution in [0.1, 0.15) is 12.2 Å². The van der Waals surface area contributed by atoms with Gasteiger partial charge in [-0.1, -0.05) is 0 Å². The van der Waals surface area contributed by atoms with E-state index < -0.39 is 11.9 Å². The lowest BCUT2D eigenvalue weighted by molar-refractivity contribution is 0.122. The fourth-order valence-corrected chi connectivity index (χ4v) is 2.52. The summed E-state index contributed by atoms with van der Waals surface area (Å²) in [6.07, 6.45) is 2.76. The molecule has 2 aromatic rings. The third-order valence-corrected chi connectivity index (χ3v) is 3.65. The van der Waals surface area contributed by atoms with Crippen LogP contribution < -0.4 is 4.90 Å². The topological polar surface area (TPSA) is 67.6 Å². The van der Waals surface area contributed by atoms with E-state index in [1.165, 1.54) is 11.0 Å². The van der Waals surface area contributed by atoms with Gasteiger partial charge in [-0.05, 0) is 25.1 Å². The maximum absolute atomic E-state index is 14.4. The first-order valence-corrected chi connectivity index (χ1v) is 6.99. The van der Waals surface area contributed by atoms with E-state index in [-0.39, 0.29) is 12.7 Å². The van der Waals surface area contributed by atoms with Gasteiger partial charge in [0, 0.05) is 25.4 Å². The van der Waals surface area contributed by atoms with Crippen molar-refractivity contribution >= 4 is 11.8 Å². The van der Waals surface area contributed by atoms with Gasteiger partial charge in [-0.15, -0.1) is 0 Å².